The molecule has 0 aromatic rings. The van der Waals surface area contributed by atoms with E-state index in [2.05, 4.69) is 19.6 Å². The molecule has 5 atom stereocenters. The number of hydrogen-bond donors (Lipinski definition) is 1. The van der Waals surface area contributed by atoms with Gasteiger partial charge in [0.1, 0.15) is 17.8 Å². The number of aliphatic hydroxyl groups is 1. The normalized spacial score (nSPS) is 43.5. The zero-order chi connectivity index (χ0) is 18.2. The number of allylic oxidation sites excluding steroid dienone is 3. The third kappa shape index (κ3) is 3.48. The molecule has 0 bridgehead atoms. The Morgan fingerprint density at radius 3 is 2.80 bits per heavy atom. The van der Waals surface area contributed by atoms with Crippen molar-refractivity contribution in [2.45, 2.75) is 69.9 Å². The van der Waals surface area contributed by atoms with Crippen LogP contribution in [0.15, 0.2) is 35.5 Å². The van der Waals surface area contributed by atoms with Gasteiger partial charge in [-0.15, -0.1) is 0 Å². The van der Waals surface area contributed by atoms with Crippen LogP contribution in [0.4, 0.5) is 0 Å². The summed E-state index contributed by atoms with van der Waals surface area (Å²) in [6.07, 6.45) is 6.84. The molecule has 2 heterocycles. The average molecular weight is 346 g/mol. The standard InChI is InChI=1S/C20H26O5/c1-12-6-4-8-13(2)17(22)18-15(14(3)19(23)24-18)10-16-20(11-21,25-16)9-5-7-12/h7-8,11,15-18,22H,3-6,9-10H2,1-2H3/b12-7-,13-8+/t15-,16-,17-,18-,20+/m1/s1. The van der Waals surface area contributed by atoms with E-state index in [1.807, 2.05) is 13.0 Å². The minimum absolute atomic E-state index is 0.253. The van der Waals surface area contributed by atoms with Crippen molar-refractivity contribution in [1.29, 1.82) is 0 Å². The zero-order valence-electron chi connectivity index (χ0n) is 14.9. The van der Waals surface area contributed by atoms with Gasteiger partial charge in [-0.25, -0.2) is 4.79 Å². The third-order valence-electron chi connectivity index (χ3n) is 5.68. The first kappa shape index (κ1) is 18.1. The van der Waals surface area contributed by atoms with Crippen molar-refractivity contribution in [3.8, 4) is 0 Å². The van der Waals surface area contributed by atoms with Crippen molar-refractivity contribution < 1.29 is 24.2 Å². The van der Waals surface area contributed by atoms with Gasteiger partial charge in [-0.3, -0.25) is 0 Å². The van der Waals surface area contributed by atoms with Gasteiger partial charge in [-0.05, 0) is 51.5 Å². The predicted octanol–water partition coefficient (Wildman–Crippen LogP) is 2.64. The number of rotatable bonds is 1. The second-order valence-electron chi connectivity index (χ2n) is 7.44. The Bertz CT molecular complexity index is 646. The molecule has 5 heteroatoms. The lowest BCUT2D eigenvalue weighted by Crippen LogP contribution is -2.34. The molecule has 136 valence electrons. The minimum Gasteiger partial charge on any atom is -0.455 e. The van der Waals surface area contributed by atoms with Crippen molar-refractivity contribution in [2.75, 3.05) is 0 Å². The number of epoxide rings is 1. The molecule has 2 fully saturated rings. The fourth-order valence-corrected chi connectivity index (χ4v) is 3.84. The van der Waals surface area contributed by atoms with E-state index < -0.39 is 23.8 Å². The lowest BCUT2D eigenvalue weighted by atomic mass is 9.84. The Hall–Kier alpha value is -1.72. The average Bonchev–Trinajstić information content (AvgIpc) is 3.20. The number of ether oxygens (including phenoxy) is 2. The SMILES string of the molecule is C=C1C(=O)O[C@@H]2[C@@H]1C[C@H]1O[C@]1(C=O)CC/C=C(/C)CC/C=C(\C)[C@H]2O. The molecule has 3 rings (SSSR count). The topological polar surface area (TPSA) is 76.1 Å². The van der Waals surface area contributed by atoms with Crippen molar-refractivity contribution in [1.82, 2.24) is 0 Å². The summed E-state index contributed by atoms with van der Waals surface area (Å²) in [4.78, 5) is 23.6. The van der Waals surface area contributed by atoms with Crippen LogP contribution in [0.5, 0.6) is 0 Å². The van der Waals surface area contributed by atoms with E-state index in [0.29, 0.717) is 18.4 Å². The molecule has 0 saturated carbocycles. The second kappa shape index (κ2) is 6.89. The molecule has 5 nitrogen and oxygen atoms in total. The lowest BCUT2D eigenvalue weighted by molar-refractivity contribution is -0.143. The van der Waals surface area contributed by atoms with Crippen LogP contribution in [0.25, 0.3) is 0 Å². The number of carbonyl (C=O) groups excluding carboxylic acids is 2. The van der Waals surface area contributed by atoms with Gasteiger partial charge in [-0.2, -0.15) is 0 Å². The molecular weight excluding hydrogens is 320 g/mol. The highest BCUT2D eigenvalue weighted by atomic mass is 16.6. The van der Waals surface area contributed by atoms with Crippen LogP contribution in [0.1, 0.15) is 46.0 Å². The molecule has 3 aliphatic rings. The quantitative estimate of drug-likeness (QED) is 0.260. The van der Waals surface area contributed by atoms with Gasteiger partial charge < -0.3 is 19.4 Å². The Labute approximate surface area is 148 Å². The molecule has 0 aromatic carbocycles. The van der Waals surface area contributed by atoms with E-state index in [9.17, 15) is 14.7 Å². The molecule has 25 heavy (non-hydrogen) atoms. The van der Waals surface area contributed by atoms with E-state index in [0.717, 1.165) is 31.1 Å². The maximum atomic E-state index is 12.0. The maximum absolute atomic E-state index is 12.0. The van der Waals surface area contributed by atoms with Crippen LogP contribution in [0, 0.1) is 5.92 Å². The minimum atomic E-state index is -0.871. The molecule has 0 unspecified atom stereocenters. The summed E-state index contributed by atoms with van der Waals surface area (Å²) in [6.45, 7) is 7.76. The summed E-state index contributed by atoms with van der Waals surface area (Å²) in [6, 6.07) is 0. The Morgan fingerprint density at radius 2 is 2.08 bits per heavy atom. The zero-order valence-corrected chi connectivity index (χ0v) is 14.9. The lowest BCUT2D eigenvalue weighted by Gasteiger charge is -2.23. The van der Waals surface area contributed by atoms with Crippen molar-refractivity contribution in [3.63, 3.8) is 0 Å². The summed E-state index contributed by atoms with van der Waals surface area (Å²) in [5, 5.41) is 10.7. The summed E-state index contributed by atoms with van der Waals surface area (Å²) in [5.74, 6) is -0.807. The molecule has 1 N–H and O–H groups in total. The van der Waals surface area contributed by atoms with E-state index >= 15 is 0 Å². The number of carbonyl (C=O) groups is 2. The predicted molar refractivity (Wildman–Crippen MR) is 92.8 cm³/mol. The third-order valence-corrected chi connectivity index (χ3v) is 5.68. The summed E-state index contributed by atoms with van der Waals surface area (Å²) in [5.41, 5.74) is 1.64. The smallest absolute Gasteiger partial charge is 0.334 e. The number of aldehydes is 1. The number of fused-ring (bicyclic) bond motifs is 2. The van der Waals surface area contributed by atoms with Crippen molar-refractivity contribution >= 4 is 12.3 Å². The van der Waals surface area contributed by atoms with E-state index in [1.54, 1.807) is 0 Å². The van der Waals surface area contributed by atoms with Crippen LogP contribution in [-0.2, 0) is 19.1 Å². The van der Waals surface area contributed by atoms with E-state index in [1.165, 1.54) is 5.57 Å². The number of aliphatic hydroxyl groups excluding tert-OH is 1. The van der Waals surface area contributed by atoms with Gasteiger partial charge in [-0.1, -0.05) is 24.3 Å². The van der Waals surface area contributed by atoms with Crippen LogP contribution in [-0.4, -0.2) is 41.3 Å². The maximum Gasteiger partial charge on any atom is 0.334 e. The van der Waals surface area contributed by atoms with Gasteiger partial charge >= 0.3 is 5.97 Å². The molecule has 0 radical (unpaired) electrons. The Balaban J connectivity index is 1.87. The van der Waals surface area contributed by atoms with Crippen molar-refractivity contribution in [2.24, 2.45) is 5.92 Å². The molecule has 0 aromatic heterocycles. The van der Waals surface area contributed by atoms with Crippen molar-refractivity contribution in [3.05, 3.63) is 35.5 Å². The largest absolute Gasteiger partial charge is 0.455 e. The van der Waals surface area contributed by atoms with Gasteiger partial charge in [0.2, 0.25) is 0 Å². The Morgan fingerprint density at radius 1 is 1.32 bits per heavy atom. The van der Waals surface area contributed by atoms with Gasteiger partial charge in [0, 0.05) is 11.5 Å². The molecule has 2 saturated heterocycles. The van der Waals surface area contributed by atoms with Crippen LogP contribution in [0.3, 0.4) is 0 Å². The molecule has 1 aliphatic carbocycles. The monoisotopic (exact) mass is 346 g/mol. The first-order chi connectivity index (χ1) is 11.9. The Kier molecular flexibility index (Phi) is 4.98. The highest BCUT2D eigenvalue weighted by Crippen LogP contribution is 2.46. The highest BCUT2D eigenvalue weighted by Gasteiger charge is 2.58. The van der Waals surface area contributed by atoms with Gasteiger partial charge in [0.25, 0.3) is 0 Å². The molecular formula is C20H26O5. The first-order valence-corrected chi connectivity index (χ1v) is 8.92. The van der Waals surface area contributed by atoms with E-state index in [4.69, 9.17) is 9.47 Å². The first-order valence-electron chi connectivity index (χ1n) is 8.92. The van der Waals surface area contributed by atoms with E-state index in [-0.39, 0.29) is 12.0 Å². The fourth-order valence-electron chi connectivity index (χ4n) is 3.84. The van der Waals surface area contributed by atoms with Crippen LogP contribution >= 0.6 is 0 Å². The molecule has 0 spiro atoms. The van der Waals surface area contributed by atoms with Gasteiger partial charge in [0.15, 0.2) is 6.29 Å². The summed E-state index contributed by atoms with van der Waals surface area (Å²) >= 11 is 0. The molecule has 2 aliphatic heterocycles. The van der Waals surface area contributed by atoms with Gasteiger partial charge in [0.05, 0.1) is 6.10 Å². The summed E-state index contributed by atoms with van der Waals surface area (Å²) in [7, 11) is 0. The molecule has 0 amide bonds. The van der Waals surface area contributed by atoms with Crippen LogP contribution < -0.4 is 0 Å². The fraction of sp³-hybridized carbons (Fsp3) is 0.600. The number of esters is 1. The van der Waals surface area contributed by atoms with Crippen LogP contribution in [0.2, 0.25) is 0 Å². The summed E-state index contributed by atoms with van der Waals surface area (Å²) < 4.78 is 11.1. The second-order valence-corrected chi connectivity index (χ2v) is 7.44. The highest BCUT2D eigenvalue weighted by molar-refractivity contribution is 5.91. The number of hydrogen-bond acceptors (Lipinski definition) is 5.